The van der Waals surface area contributed by atoms with Crippen molar-refractivity contribution in [2.24, 2.45) is 5.92 Å². The highest BCUT2D eigenvalue weighted by atomic mass is 19.4. The van der Waals surface area contributed by atoms with Gasteiger partial charge in [0, 0.05) is 6.54 Å². The third-order valence-electron chi connectivity index (χ3n) is 3.58. The van der Waals surface area contributed by atoms with E-state index in [1.54, 1.807) is 13.0 Å². The van der Waals surface area contributed by atoms with Crippen molar-refractivity contribution in [2.75, 3.05) is 11.9 Å². The van der Waals surface area contributed by atoms with Crippen LogP contribution in [0.5, 0.6) is 0 Å². The minimum Gasteiger partial charge on any atom is -0.322 e. The summed E-state index contributed by atoms with van der Waals surface area (Å²) in [7, 11) is 0. The van der Waals surface area contributed by atoms with Gasteiger partial charge in [-0.2, -0.15) is 13.2 Å². The van der Waals surface area contributed by atoms with Crippen LogP contribution in [0.15, 0.2) is 18.2 Å². The zero-order valence-electron chi connectivity index (χ0n) is 11.4. The lowest BCUT2D eigenvalue weighted by atomic mass is 9.94. The van der Waals surface area contributed by atoms with Gasteiger partial charge in [0.25, 0.3) is 0 Å². The van der Waals surface area contributed by atoms with Gasteiger partial charge in [0.2, 0.25) is 5.91 Å². The highest BCUT2D eigenvalue weighted by molar-refractivity contribution is 5.95. The molecular weight excluding hydrogens is 288 g/mol. The van der Waals surface area contributed by atoms with Crippen LogP contribution >= 0.6 is 0 Å². The molecule has 0 saturated carbocycles. The van der Waals surface area contributed by atoms with E-state index in [4.69, 9.17) is 0 Å². The van der Waals surface area contributed by atoms with E-state index in [1.165, 1.54) is 12.1 Å². The number of amides is 1. The molecule has 0 radical (unpaired) electrons. The third kappa shape index (κ3) is 3.93. The number of anilines is 1. The van der Waals surface area contributed by atoms with E-state index in [-0.39, 0.29) is 25.1 Å². The lowest BCUT2D eigenvalue weighted by Gasteiger charge is -2.30. The van der Waals surface area contributed by atoms with Crippen LogP contribution in [0.3, 0.4) is 0 Å². The summed E-state index contributed by atoms with van der Waals surface area (Å²) in [6.07, 6.45) is -4.29. The van der Waals surface area contributed by atoms with Crippen molar-refractivity contribution in [2.45, 2.75) is 32.0 Å². The van der Waals surface area contributed by atoms with Gasteiger partial charge in [-0.3, -0.25) is 4.79 Å². The molecule has 0 aromatic heterocycles. The first-order chi connectivity index (χ1) is 9.77. The van der Waals surface area contributed by atoms with Crippen molar-refractivity contribution in [1.82, 2.24) is 5.32 Å². The largest absolute Gasteiger partial charge is 0.393 e. The number of hydrogen-bond acceptors (Lipinski definition) is 2. The van der Waals surface area contributed by atoms with Crippen LogP contribution in [0.1, 0.15) is 18.4 Å². The lowest BCUT2D eigenvalue weighted by Crippen LogP contribution is -2.49. The van der Waals surface area contributed by atoms with E-state index in [2.05, 4.69) is 10.6 Å². The molecule has 7 heteroatoms. The molecule has 1 aliphatic rings. The molecule has 3 nitrogen and oxygen atoms in total. The minimum absolute atomic E-state index is 0.0327. The molecule has 1 saturated heterocycles. The summed E-state index contributed by atoms with van der Waals surface area (Å²) >= 11 is 0. The number of halogens is 4. The molecule has 1 amide bonds. The Balaban J connectivity index is 1.93. The van der Waals surface area contributed by atoms with Gasteiger partial charge in [0.1, 0.15) is 5.82 Å². The van der Waals surface area contributed by atoms with Crippen molar-refractivity contribution in [1.29, 1.82) is 0 Å². The Morgan fingerprint density at radius 1 is 1.33 bits per heavy atom. The predicted molar refractivity (Wildman–Crippen MR) is 70.3 cm³/mol. The Morgan fingerprint density at radius 2 is 2.05 bits per heavy atom. The fourth-order valence-electron chi connectivity index (χ4n) is 2.30. The van der Waals surface area contributed by atoms with Crippen LogP contribution in [-0.4, -0.2) is 24.7 Å². The van der Waals surface area contributed by atoms with E-state index >= 15 is 0 Å². The summed E-state index contributed by atoms with van der Waals surface area (Å²) in [5.41, 5.74) is 0.750. The number of hydrogen-bond donors (Lipinski definition) is 2. The van der Waals surface area contributed by atoms with Crippen molar-refractivity contribution >= 4 is 11.6 Å². The van der Waals surface area contributed by atoms with Gasteiger partial charge in [-0.25, -0.2) is 4.39 Å². The molecule has 2 unspecified atom stereocenters. The van der Waals surface area contributed by atoms with E-state index < -0.39 is 29.9 Å². The van der Waals surface area contributed by atoms with Crippen LogP contribution in [0.4, 0.5) is 23.2 Å². The first-order valence-electron chi connectivity index (χ1n) is 6.64. The number of rotatable bonds is 2. The van der Waals surface area contributed by atoms with E-state index in [0.717, 1.165) is 0 Å². The van der Waals surface area contributed by atoms with Gasteiger partial charge in [-0.05, 0) is 37.5 Å². The van der Waals surface area contributed by atoms with Crippen molar-refractivity contribution < 1.29 is 22.4 Å². The molecule has 0 spiro atoms. The summed E-state index contributed by atoms with van der Waals surface area (Å²) < 4.78 is 51.2. The fourth-order valence-corrected chi connectivity index (χ4v) is 2.30. The number of piperidine rings is 1. The lowest BCUT2D eigenvalue weighted by molar-refractivity contribution is -0.180. The Morgan fingerprint density at radius 3 is 2.57 bits per heavy atom. The number of benzene rings is 1. The molecule has 2 N–H and O–H groups in total. The second-order valence-electron chi connectivity index (χ2n) is 5.25. The number of nitrogens with one attached hydrogen (secondary N) is 2. The van der Waals surface area contributed by atoms with Crippen molar-refractivity contribution in [3.8, 4) is 0 Å². The fraction of sp³-hybridized carbons (Fsp3) is 0.500. The van der Waals surface area contributed by atoms with Gasteiger partial charge >= 0.3 is 6.18 Å². The maximum absolute atomic E-state index is 13.6. The predicted octanol–water partition coefficient (Wildman–Crippen LogP) is 3.00. The van der Waals surface area contributed by atoms with Gasteiger partial charge in [-0.15, -0.1) is 0 Å². The second kappa shape index (κ2) is 6.01. The molecule has 1 aromatic carbocycles. The van der Waals surface area contributed by atoms with E-state index in [1.807, 2.05) is 0 Å². The molecule has 21 heavy (non-hydrogen) atoms. The average molecular weight is 304 g/mol. The Labute approximate surface area is 119 Å². The number of alkyl halides is 3. The summed E-state index contributed by atoms with van der Waals surface area (Å²) in [4.78, 5) is 11.9. The molecule has 0 bridgehead atoms. The van der Waals surface area contributed by atoms with E-state index in [0.29, 0.717) is 5.56 Å². The molecule has 2 rings (SSSR count). The molecule has 1 fully saturated rings. The van der Waals surface area contributed by atoms with Gasteiger partial charge in [-0.1, -0.05) is 6.07 Å². The monoisotopic (exact) mass is 304 g/mol. The van der Waals surface area contributed by atoms with E-state index in [9.17, 15) is 22.4 Å². The average Bonchev–Trinajstić information content (AvgIpc) is 2.41. The van der Waals surface area contributed by atoms with Crippen LogP contribution < -0.4 is 10.6 Å². The van der Waals surface area contributed by atoms with Gasteiger partial charge in [0.05, 0.1) is 17.6 Å². The van der Waals surface area contributed by atoms with Gasteiger partial charge in [0.15, 0.2) is 0 Å². The zero-order chi connectivity index (χ0) is 15.6. The number of aryl methyl sites for hydroxylation is 1. The summed E-state index contributed by atoms with van der Waals surface area (Å²) in [5, 5.41) is 4.98. The maximum Gasteiger partial charge on any atom is 0.393 e. The Kier molecular flexibility index (Phi) is 4.51. The van der Waals surface area contributed by atoms with Gasteiger partial charge < -0.3 is 10.6 Å². The smallest absolute Gasteiger partial charge is 0.322 e. The number of carbonyl (C=O) groups is 1. The van der Waals surface area contributed by atoms with Crippen LogP contribution in [-0.2, 0) is 4.79 Å². The normalized spacial score (nSPS) is 22.9. The Bertz CT molecular complexity index is 522. The SMILES string of the molecule is Cc1ccc(NC(=O)C2CCC(C(F)(F)F)CN2)c(F)c1. The van der Waals surface area contributed by atoms with Crippen LogP contribution in [0.2, 0.25) is 0 Å². The first-order valence-corrected chi connectivity index (χ1v) is 6.64. The molecular formula is C14H16F4N2O. The minimum atomic E-state index is -4.25. The summed E-state index contributed by atoms with van der Waals surface area (Å²) in [5.74, 6) is -2.51. The first kappa shape index (κ1) is 15.8. The van der Waals surface area contributed by atoms with Crippen molar-refractivity contribution in [3.63, 3.8) is 0 Å². The molecule has 1 heterocycles. The molecule has 116 valence electrons. The number of carbonyl (C=O) groups excluding carboxylic acids is 1. The summed E-state index contributed by atoms with van der Waals surface area (Å²) in [6, 6.07) is 3.63. The highest BCUT2D eigenvalue weighted by Gasteiger charge is 2.42. The molecule has 2 atom stereocenters. The zero-order valence-corrected chi connectivity index (χ0v) is 11.4. The standard InChI is InChI=1S/C14H16F4N2O/c1-8-2-4-11(10(15)6-8)20-13(21)12-5-3-9(7-19-12)14(16,17)18/h2,4,6,9,12,19H,3,5,7H2,1H3,(H,20,21). The quantitative estimate of drug-likeness (QED) is 0.825. The second-order valence-corrected chi connectivity index (χ2v) is 5.25. The highest BCUT2D eigenvalue weighted by Crippen LogP contribution is 2.32. The third-order valence-corrected chi connectivity index (χ3v) is 3.58. The van der Waals surface area contributed by atoms with Crippen molar-refractivity contribution in [3.05, 3.63) is 29.6 Å². The molecule has 0 aliphatic carbocycles. The summed E-state index contributed by atoms with van der Waals surface area (Å²) in [6.45, 7) is 1.42. The maximum atomic E-state index is 13.6. The van der Waals surface area contributed by atoms with Crippen LogP contribution in [0.25, 0.3) is 0 Å². The topological polar surface area (TPSA) is 41.1 Å². The van der Waals surface area contributed by atoms with Crippen LogP contribution in [0, 0.1) is 18.7 Å². The Hall–Kier alpha value is -1.63. The molecule has 1 aliphatic heterocycles. The molecule has 1 aromatic rings.